The van der Waals surface area contributed by atoms with Gasteiger partial charge in [0, 0.05) is 25.2 Å². The molecule has 2 aromatic rings. The number of aryl methyl sites for hydroxylation is 1. The quantitative estimate of drug-likeness (QED) is 0.483. The van der Waals surface area contributed by atoms with E-state index in [0.717, 1.165) is 49.7 Å². The molecule has 12 heteroatoms. The summed E-state index contributed by atoms with van der Waals surface area (Å²) in [6.07, 6.45) is 0.731. The number of ether oxygens (including phenoxy) is 2. The summed E-state index contributed by atoms with van der Waals surface area (Å²) < 4.78 is 42.1. The number of carbonyl (C=O) groups excluding carboxylic acids is 1. The number of aromatic carboxylic acids is 1. The van der Waals surface area contributed by atoms with E-state index >= 15 is 0 Å². The number of rotatable bonds is 9. The van der Waals surface area contributed by atoms with E-state index in [1.54, 1.807) is 0 Å². The predicted molar refractivity (Wildman–Crippen MR) is 113 cm³/mol. The Bertz CT molecular complexity index is 966. The first-order chi connectivity index (χ1) is 15.3. The van der Waals surface area contributed by atoms with Crippen LogP contribution in [0.1, 0.15) is 27.9 Å². The monoisotopic (exact) mass is 470 g/mol. The number of benzene rings is 1. The Kier molecular flexibility index (Phi) is 8.31. The number of anilines is 1. The third kappa shape index (κ3) is 6.34. The first kappa shape index (κ1) is 23.8. The highest BCUT2D eigenvalue weighted by Gasteiger charge is 2.24. The maximum absolute atomic E-state index is 14.0. The van der Waals surface area contributed by atoms with Crippen LogP contribution < -0.4 is 15.4 Å². The van der Waals surface area contributed by atoms with Crippen molar-refractivity contribution in [1.29, 1.82) is 0 Å². The number of carbonyl (C=O) groups is 2. The normalized spacial score (nSPS) is 14.2. The van der Waals surface area contributed by atoms with Crippen LogP contribution in [0.4, 0.5) is 18.6 Å². The van der Waals surface area contributed by atoms with Gasteiger partial charge in [0.05, 0.1) is 13.2 Å². The number of aromatic nitrogens is 1. The zero-order valence-corrected chi connectivity index (χ0v) is 18.3. The molecule has 0 bridgehead atoms. The average Bonchev–Trinajstić information content (AvgIpc) is 3.16. The highest BCUT2D eigenvalue weighted by Crippen LogP contribution is 2.31. The zero-order valence-electron chi connectivity index (χ0n) is 17.5. The Hall–Kier alpha value is -2.83. The molecule has 32 heavy (non-hydrogen) atoms. The molecule has 2 heterocycles. The van der Waals surface area contributed by atoms with Crippen LogP contribution in [0, 0.1) is 18.6 Å². The molecule has 1 saturated heterocycles. The number of halogens is 2. The number of hydrogen-bond acceptors (Lipinski definition) is 7. The lowest BCUT2D eigenvalue weighted by molar-refractivity contribution is 0.0375. The Morgan fingerprint density at radius 2 is 2.03 bits per heavy atom. The van der Waals surface area contributed by atoms with E-state index in [2.05, 4.69) is 19.9 Å². The lowest BCUT2D eigenvalue weighted by atomic mass is 10.1. The van der Waals surface area contributed by atoms with Crippen molar-refractivity contribution >= 4 is 28.5 Å². The van der Waals surface area contributed by atoms with E-state index in [1.807, 2.05) is 0 Å². The van der Waals surface area contributed by atoms with Crippen LogP contribution in [0.15, 0.2) is 12.1 Å². The van der Waals surface area contributed by atoms with Crippen LogP contribution in [0.3, 0.4) is 0 Å². The Morgan fingerprint density at radius 3 is 2.75 bits per heavy atom. The van der Waals surface area contributed by atoms with Gasteiger partial charge in [-0.3, -0.25) is 10.2 Å². The molecule has 2 amide bonds. The van der Waals surface area contributed by atoms with Gasteiger partial charge in [0.25, 0.3) is 0 Å². The van der Waals surface area contributed by atoms with Gasteiger partial charge in [0.1, 0.15) is 23.2 Å². The first-order valence-electron chi connectivity index (χ1n) is 10.0. The SMILES string of the molecule is Cc1cc(F)c(COc2nsc(NC(=O)NCCCN3CCOCC3)c2C(=O)O)cc1F. The molecule has 0 saturated carbocycles. The van der Waals surface area contributed by atoms with Crippen LogP contribution >= 0.6 is 11.5 Å². The number of nitrogens with zero attached hydrogens (tertiary/aromatic N) is 2. The molecule has 1 aromatic heterocycles. The fourth-order valence-corrected chi connectivity index (χ4v) is 3.79. The summed E-state index contributed by atoms with van der Waals surface area (Å²) in [4.78, 5) is 26.0. The molecule has 1 aliphatic heterocycles. The molecular weight excluding hydrogens is 446 g/mol. The molecule has 1 fully saturated rings. The Labute approximate surface area is 187 Å². The van der Waals surface area contributed by atoms with Gasteiger partial charge in [-0.05, 0) is 49.1 Å². The van der Waals surface area contributed by atoms with Gasteiger partial charge in [-0.25, -0.2) is 18.4 Å². The number of urea groups is 1. The van der Waals surface area contributed by atoms with Gasteiger partial charge in [-0.2, -0.15) is 4.37 Å². The summed E-state index contributed by atoms with van der Waals surface area (Å²) in [6.45, 7) is 5.36. The second-order valence-electron chi connectivity index (χ2n) is 7.17. The minimum Gasteiger partial charge on any atom is -0.477 e. The maximum Gasteiger partial charge on any atom is 0.344 e. The number of nitrogens with one attached hydrogen (secondary N) is 2. The third-order valence-corrected chi connectivity index (χ3v) is 5.58. The summed E-state index contributed by atoms with van der Waals surface area (Å²) in [5, 5.41) is 14.6. The fourth-order valence-electron chi connectivity index (χ4n) is 3.07. The van der Waals surface area contributed by atoms with E-state index in [9.17, 15) is 23.5 Å². The minimum atomic E-state index is -1.37. The van der Waals surface area contributed by atoms with E-state index in [4.69, 9.17) is 9.47 Å². The lowest BCUT2D eigenvalue weighted by Crippen LogP contribution is -2.38. The number of hydrogen-bond donors (Lipinski definition) is 3. The Morgan fingerprint density at radius 1 is 1.28 bits per heavy atom. The second kappa shape index (κ2) is 11.2. The molecule has 1 aliphatic rings. The van der Waals surface area contributed by atoms with Crippen molar-refractivity contribution in [3.05, 3.63) is 40.5 Å². The van der Waals surface area contributed by atoms with Gasteiger partial charge in [-0.15, -0.1) is 0 Å². The predicted octanol–water partition coefficient (Wildman–Crippen LogP) is 2.85. The number of carboxylic acids is 1. The van der Waals surface area contributed by atoms with E-state index in [1.165, 1.54) is 6.92 Å². The molecule has 3 rings (SSSR count). The zero-order chi connectivity index (χ0) is 23.1. The molecule has 0 radical (unpaired) electrons. The van der Waals surface area contributed by atoms with Crippen LogP contribution in [0.5, 0.6) is 5.88 Å². The van der Waals surface area contributed by atoms with Gasteiger partial charge in [-0.1, -0.05) is 0 Å². The Balaban J connectivity index is 1.54. The highest BCUT2D eigenvalue weighted by atomic mass is 32.1. The van der Waals surface area contributed by atoms with Crippen molar-refractivity contribution in [3.63, 3.8) is 0 Å². The third-order valence-electron chi connectivity index (χ3n) is 4.83. The topological polar surface area (TPSA) is 113 Å². The number of morpholine rings is 1. The van der Waals surface area contributed by atoms with E-state index < -0.39 is 30.2 Å². The van der Waals surface area contributed by atoms with Gasteiger partial charge >= 0.3 is 12.0 Å². The molecule has 0 spiro atoms. The number of amides is 2. The van der Waals surface area contributed by atoms with Gasteiger partial charge in [0.15, 0.2) is 5.56 Å². The van der Waals surface area contributed by atoms with E-state index in [0.29, 0.717) is 19.8 Å². The second-order valence-corrected chi connectivity index (χ2v) is 7.94. The van der Waals surface area contributed by atoms with Crippen molar-refractivity contribution in [3.8, 4) is 5.88 Å². The van der Waals surface area contributed by atoms with Crippen molar-refractivity contribution in [2.75, 3.05) is 44.7 Å². The maximum atomic E-state index is 14.0. The highest BCUT2D eigenvalue weighted by molar-refractivity contribution is 7.11. The molecule has 0 atom stereocenters. The van der Waals surface area contributed by atoms with Crippen LogP contribution in [0.25, 0.3) is 0 Å². The summed E-state index contributed by atoms with van der Waals surface area (Å²) in [6, 6.07) is 1.45. The van der Waals surface area contributed by atoms with Crippen LogP contribution in [-0.4, -0.2) is 65.8 Å². The largest absolute Gasteiger partial charge is 0.477 e. The van der Waals surface area contributed by atoms with Crippen molar-refractivity contribution in [2.45, 2.75) is 20.0 Å². The van der Waals surface area contributed by atoms with Crippen LogP contribution in [-0.2, 0) is 11.3 Å². The summed E-state index contributed by atoms with van der Waals surface area (Å²) >= 11 is 0.722. The van der Waals surface area contributed by atoms with Gasteiger partial charge < -0.3 is 19.9 Å². The average molecular weight is 470 g/mol. The van der Waals surface area contributed by atoms with Gasteiger partial charge in [0.2, 0.25) is 5.88 Å². The molecule has 3 N–H and O–H groups in total. The molecule has 0 aliphatic carbocycles. The van der Waals surface area contributed by atoms with E-state index in [-0.39, 0.29) is 27.6 Å². The van der Waals surface area contributed by atoms with Crippen molar-refractivity contribution in [2.24, 2.45) is 0 Å². The van der Waals surface area contributed by atoms with Crippen LogP contribution in [0.2, 0.25) is 0 Å². The number of carboxylic acid groups (broad SMARTS) is 1. The molecular formula is C20H24F2N4O5S. The molecule has 1 aromatic carbocycles. The summed E-state index contributed by atoms with van der Waals surface area (Å²) in [5.74, 6) is -2.93. The van der Waals surface area contributed by atoms with Crippen molar-refractivity contribution < 1.29 is 33.0 Å². The molecule has 9 nitrogen and oxygen atoms in total. The standard InChI is InChI=1S/C20H24F2N4O5S/c1-12-9-15(22)13(10-14(12)21)11-31-17-16(19(27)28)18(32-25-17)24-20(29)23-3-2-4-26-5-7-30-8-6-26/h9-10H,2-8,11H2,1H3,(H,27,28)(H2,23,24,29). The fraction of sp³-hybridized carbons (Fsp3) is 0.450. The minimum absolute atomic E-state index is 0.0197. The summed E-state index contributed by atoms with van der Waals surface area (Å²) in [5.41, 5.74) is -0.287. The summed E-state index contributed by atoms with van der Waals surface area (Å²) in [7, 11) is 0. The van der Waals surface area contributed by atoms with Crippen molar-refractivity contribution in [1.82, 2.24) is 14.6 Å². The molecule has 0 unspecified atom stereocenters. The lowest BCUT2D eigenvalue weighted by Gasteiger charge is -2.26. The smallest absolute Gasteiger partial charge is 0.344 e. The molecule has 174 valence electrons. The first-order valence-corrected chi connectivity index (χ1v) is 10.8.